The van der Waals surface area contributed by atoms with Crippen LogP contribution in [0.15, 0.2) is 31.0 Å². The molecule has 1 aliphatic rings. The van der Waals surface area contributed by atoms with E-state index in [0.717, 1.165) is 18.5 Å². The van der Waals surface area contributed by atoms with Crippen LogP contribution in [0.1, 0.15) is 24.1 Å². The molecule has 8 heteroatoms. The molecule has 0 bridgehead atoms. The highest BCUT2D eigenvalue weighted by Crippen LogP contribution is 2.40. The van der Waals surface area contributed by atoms with Crippen molar-refractivity contribution in [1.82, 2.24) is 29.7 Å². The van der Waals surface area contributed by atoms with Crippen molar-refractivity contribution in [3.05, 3.63) is 42.2 Å². The van der Waals surface area contributed by atoms with Gasteiger partial charge in [-0.25, -0.2) is 9.97 Å². The summed E-state index contributed by atoms with van der Waals surface area (Å²) in [5.41, 5.74) is 0.792. The van der Waals surface area contributed by atoms with Gasteiger partial charge >= 0.3 is 6.01 Å². The van der Waals surface area contributed by atoms with E-state index in [4.69, 9.17) is 4.74 Å². The molecule has 3 rings (SSSR count). The highest BCUT2D eigenvalue weighted by atomic mass is 16.5. The molecule has 1 saturated heterocycles. The highest BCUT2D eigenvalue weighted by Gasteiger charge is 2.50. The molecule has 8 nitrogen and oxygen atoms in total. The van der Waals surface area contributed by atoms with Gasteiger partial charge in [-0.3, -0.25) is 19.7 Å². The minimum atomic E-state index is -0.808. The molecule has 1 fully saturated rings. The predicted octanol–water partition coefficient (Wildman–Crippen LogP) is 0.855. The zero-order valence-electron chi connectivity index (χ0n) is 14.7. The number of aromatic nitrogens is 4. The Morgan fingerprint density at radius 2 is 2.00 bits per heavy atom. The van der Waals surface area contributed by atoms with Crippen molar-refractivity contribution < 1.29 is 9.53 Å². The molecular weight excluding hydrogens is 320 g/mol. The first-order valence-corrected chi connectivity index (χ1v) is 8.16. The summed E-state index contributed by atoms with van der Waals surface area (Å²) in [5, 5.41) is 0. The van der Waals surface area contributed by atoms with Crippen LogP contribution in [0, 0.1) is 0 Å². The fourth-order valence-corrected chi connectivity index (χ4v) is 3.36. The average Bonchev–Trinajstić information content (AvgIpc) is 3.06. The molecule has 0 aliphatic carbocycles. The van der Waals surface area contributed by atoms with Gasteiger partial charge in [0, 0.05) is 51.0 Å². The number of carbonyl (C=O) groups excluding carboxylic acids is 1. The van der Waals surface area contributed by atoms with Crippen LogP contribution in [0.4, 0.5) is 0 Å². The zero-order chi connectivity index (χ0) is 17.9. The largest absolute Gasteiger partial charge is 0.467 e. The molecule has 1 unspecified atom stereocenters. The number of likely N-dealkylation sites (N-methyl/N-ethyl adjacent to an activating group) is 1. The van der Waals surface area contributed by atoms with Gasteiger partial charge < -0.3 is 9.64 Å². The van der Waals surface area contributed by atoms with Gasteiger partial charge in [0.1, 0.15) is 5.54 Å². The first-order valence-electron chi connectivity index (χ1n) is 8.16. The maximum absolute atomic E-state index is 13.1. The lowest BCUT2D eigenvalue weighted by molar-refractivity contribution is -0.141. The van der Waals surface area contributed by atoms with Crippen molar-refractivity contribution in [3.63, 3.8) is 0 Å². The predicted molar refractivity (Wildman–Crippen MR) is 90.6 cm³/mol. The summed E-state index contributed by atoms with van der Waals surface area (Å²) in [4.78, 5) is 33.8. The lowest BCUT2D eigenvalue weighted by Crippen LogP contribution is -2.52. The molecule has 2 aromatic rings. The van der Waals surface area contributed by atoms with Gasteiger partial charge in [-0.1, -0.05) is 0 Å². The third kappa shape index (κ3) is 3.17. The number of likely N-dealkylation sites (tertiary alicyclic amines) is 1. The van der Waals surface area contributed by atoms with Crippen LogP contribution in [0.5, 0.6) is 6.01 Å². The van der Waals surface area contributed by atoms with Crippen molar-refractivity contribution in [3.8, 4) is 6.01 Å². The van der Waals surface area contributed by atoms with Crippen LogP contribution in [0.2, 0.25) is 0 Å². The topological polar surface area (TPSA) is 84.3 Å². The number of nitrogens with zero attached hydrogens (tertiary/aromatic N) is 6. The fraction of sp³-hybridized carbons (Fsp3) is 0.471. The van der Waals surface area contributed by atoms with Crippen molar-refractivity contribution in [2.45, 2.75) is 24.9 Å². The molecule has 1 amide bonds. The number of ether oxygens (including phenoxy) is 1. The van der Waals surface area contributed by atoms with E-state index < -0.39 is 5.54 Å². The Balaban J connectivity index is 1.96. The third-order valence-electron chi connectivity index (χ3n) is 4.49. The van der Waals surface area contributed by atoms with E-state index in [1.807, 2.05) is 0 Å². The summed E-state index contributed by atoms with van der Waals surface area (Å²) in [5.74, 6) is 0.0138. The lowest BCUT2D eigenvalue weighted by atomic mass is 9.90. The second-order valence-corrected chi connectivity index (χ2v) is 6.25. The fourth-order valence-electron chi connectivity index (χ4n) is 3.36. The van der Waals surface area contributed by atoms with Crippen molar-refractivity contribution in [2.24, 2.45) is 0 Å². The maximum Gasteiger partial charge on any atom is 0.316 e. The van der Waals surface area contributed by atoms with Crippen molar-refractivity contribution >= 4 is 5.91 Å². The highest BCUT2D eigenvalue weighted by molar-refractivity contribution is 5.87. The second kappa shape index (κ2) is 7.10. The molecular formula is C17H22N6O2. The van der Waals surface area contributed by atoms with E-state index in [-0.39, 0.29) is 5.91 Å². The number of hydrogen-bond donors (Lipinski definition) is 0. The van der Waals surface area contributed by atoms with Crippen molar-refractivity contribution in [1.29, 1.82) is 0 Å². The Hall–Kier alpha value is -2.61. The first kappa shape index (κ1) is 17.2. The number of hydrogen-bond acceptors (Lipinski definition) is 7. The van der Waals surface area contributed by atoms with Crippen molar-refractivity contribution in [2.75, 3.05) is 27.7 Å². The molecule has 1 atom stereocenters. The number of rotatable bonds is 5. The summed E-state index contributed by atoms with van der Waals surface area (Å²) in [6.45, 7) is 1.35. The van der Waals surface area contributed by atoms with E-state index in [9.17, 15) is 4.79 Å². The molecule has 0 aromatic carbocycles. The normalized spacial score (nSPS) is 20.4. The molecule has 0 spiro atoms. The van der Waals surface area contributed by atoms with E-state index in [1.165, 1.54) is 7.11 Å². The molecule has 3 heterocycles. The van der Waals surface area contributed by atoms with Gasteiger partial charge in [-0.2, -0.15) is 0 Å². The molecule has 132 valence electrons. The summed E-state index contributed by atoms with van der Waals surface area (Å²) in [6, 6.07) is 0.328. The van der Waals surface area contributed by atoms with Gasteiger partial charge in [0.2, 0.25) is 5.91 Å². The summed E-state index contributed by atoms with van der Waals surface area (Å²) >= 11 is 0. The lowest BCUT2D eigenvalue weighted by Gasteiger charge is -2.38. The molecule has 0 radical (unpaired) electrons. The van der Waals surface area contributed by atoms with Crippen LogP contribution in [0.25, 0.3) is 0 Å². The third-order valence-corrected chi connectivity index (χ3v) is 4.49. The van der Waals surface area contributed by atoms with E-state index in [0.29, 0.717) is 24.7 Å². The van der Waals surface area contributed by atoms with Crippen LogP contribution in [-0.2, 0) is 16.9 Å². The van der Waals surface area contributed by atoms with Gasteiger partial charge in [-0.05, 0) is 19.4 Å². The minimum absolute atomic E-state index is 0.0138. The maximum atomic E-state index is 13.1. The number of carbonyl (C=O) groups is 1. The molecule has 1 aliphatic heterocycles. The van der Waals surface area contributed by atoms with E-state index in [2.05, 4.69) is 24.8 Å². The molecule has 25 heavy (non-hydrogen) atoms. The summed E-state index contributed by atoms with van der Waals surface area (Å²) in [7, 11) is 5.07. The van der Waals surface area contributed by atoms with Crippen LogP contribution in [-0.4, -0.2) is 63.4 Å². The standard InChI is InChI=1S/C17H22N6O2/c1-22(2)15(24)17(14-11-18-6-7-19-14)5-4-8-23(17)12-13-9-20-16(25-3)21-10-13/h6-7,9-11H,4-5,8,12H2,1-3H3. The molecule has 0 N–H and O–H groups in total. The minimum Gasteiger partial charge on any atom is -0.467 e. The summed E-state index contributed by atoms with van der Waals surface area (Å²) in [6.07, 6.45) is 10.0. The Labute approximate surface area is 146 Å². The summed E-state index contributed by atoms with van der Waals surface area (Å²) < 4.78 is 5.00. The van der Waals surface area contributed by atoms with E-state index >= 15 is 0 Å². The Morgan fingerprint density at radius 1 is 1.24 bits per heavy atom. The monoisotopic (exact) mass is 342 g/mol. The molecule has 2 aromatic heterocycles. The van der Waals surface area contributed by atoms with Crippen LogP contribution in [0.3, 0.4) is 0 Å². The number of methoxy groups -OCH3 is 1. The van der Waals surface area contributed by atoms with Gasteiger partial charge in [0.25, 0.3) is 0 Å². The quantitative estimate of drug-likeness (QED) is 0.796. The van der Waals surface area contributed by atoms with E-state index in [1.54, 1.807) is 50.0 Å². The Bertz CT molecular complexity index is 722. The van der Waals surface area contributed by atoms with Gasteiger partial charge in [0.15, 0.2) is 0 Å². The Morgan fingerprint density at radius 3 is 2.60 bits per heavy atom. The second-order valence-electron chi connectivity index (χ2n) is 6.25. The SMILES string of the molecule is COc1ncc(CN2CCCC2(C(=O)N(C)C)c2cnccn2)cn1. The van der Waals surface area contributed by atoms with Crippen LogP contribution >= 0.6 is 0 Å². The van der Waals surface area contributed by atoms with Gasteiger partial charge in [-0.15, -0.1) is 0 Å². The van der Waals surface area contributed by atoms with Gasteiger partial charge in [0.05, 0.1) is 19.0 Å². The average molecular weight is 342 g/mol. The zero-order valence-corrected chi connectivity index (χ0v) is 14.7. The smallest absolute Gasteiger partial charge is 0.316 e. The Kier molecular flexibility index (Phi) is 4.89. The first-order chi connectivity index (χ1) is 12.1. The molecule has 0 saturated carbocycles. The number of amides is 1. The van der Waals surface area contributed by atoms with Crippen LogP contribution < -0.4 is 4.74 Å².